The van der Waals surface area contributed by atoms with Crippen molar-refractivity contribution in [2.24, 2.45) is 0 Å². The summed E-state index contributed by atoms with van der Waals surface area (Å²) in [5, 5.41) is 3.27. The SMILES string of the molecule is COC(=O)c1sc(NC(=O)c2cc(Br)ccc2Cl)nc1C. The van der Waals surface area contributed by atoms with Crippen molar-refractivity contribution in [2.75, 3.05) is 12.4 Å². The smallest absolute Gasteiger partial charge is 0.350 e. The molecule has 0 atom stereocenters. The number of nitrogens with zero attached hydrogens (tertiary/aromatic N) is 1. The Morgan fingerprint density at radius 1 is 1.43 bits per heavy atom. The Kier molecular flexibility index (Phi) is 4.97. The molecule has 0 aliphatic rings. The van der Waals surface area contributed by atoms with Crippen LogP contribution >= 0.6 is 38.9 Å². The van der Waals surface area contributed by atoms with Gasteiger partial charge in [0.05, 0.1) is 23.4 Å². The zero-order valence-corrected chi connectivity index (χ0v) is 14.2. The van der Waals surface area contributed by atoms with Gasteiger partial charge in [0, 0.05) is 4.47 Å². The van der Waals surface area contributed by atoms with Crippen LogP contribution in [0.2, 0.25) is 5.02 Å². The van der Waals surface area contributed by atoms with Gasteiger partial charge in [-0.25, -0.2) is 9.78 Å². The van der Waals surface area contributed by atoms with Crippen molar-refractivity contribution >= 4 is 55.9 Å². The molecule has 5 nitrogen and oxygen atoms in total. The number of hydrogen-bond donors (Lipinski definition) is 1. The summed E-state index contributed by atoms with van der Waals surface area (Å²) in [6.07, 6.45) is 0. The molecule has 110 valence electrons. The number of carbonyl (C=O) groups is 2. The third-order valence-electron chi connectivity index (χ3n) is 2.56. The minimum Gasteiger partial charge on any atom is -0.465 e. The minimum absolute atomic E-state index is 0.314. The predicted octanol–water partition coefficient (Wildman–Crippen LogP) is 3.91. The lowest BCUT2D eigenvalue weighted by molar-refractivity contribution is 0.0605. The molecule has 0 spiro atoms. The molecule has 1 N–H and O–H groups in total. The van der Waals surface area contributed by atoms with Crippen LogP contribution in [0.5, 0.6) is 0 Å². The molecular formula is C13H10BrClN2O3S. The summed E-state index contributed by atoms with van der Waals surface area (Å²) in [7, 11) is 1.29. The molecule has 2 aromatic rings. The van der Waals surface area contributed by atoms with Gasteiger partial charge in [0.15, 0.2) is 5.13 Å². The number of aryl methyl sites for hydroxylation is 1. The van der Waals surface area contributed by atoms with Crippen LogP contribution < -0.4 is 5.32 Å². The number of thiazole rings is 1. The fourth-order valence-corrected chi connectivity index (χ4v) is 3.01. The number of ether oxygens (including phenoxy) is 1. The first-order valence-electron chi connectivity index (χ1n) is 5.74. The monoisotopic (exact) mass is 388 g/mol. The molecule has 1 aromatic heterocycles. The van der Waals surface area contributed by atoms with Crippen molar-refractivity contribution < 1.29 is 14.3 Å². The third-order valence-corrected chi connectivity index (χ3v) is 4.44. The van der Waals surface area contributed by atoms with E-state index in [4.69, 9.17) is 11.6 Å². The van der Waals surface area contributed by atoms with E-state index in [0.717, 1.165) is 15.8 Å². The van der Waals surface area contributed by atoms with E-state index < -0.39 is 11.9 Å². The highest BCUT2D eigenvalue weighted by Crippen LogP contribution is 2.26. The zero-order chi connectivity index (χ0) is 15.6. The van der Waals surface area contributed by atoms with Crippen LogP contribution in [0.4, 0.5) is 5.13 Å². The van der Waals surface area contributed by atoms with Crippen LogP contribution in [0.1, 0.15) is 25.7 Å². The van der Waals surface area contributed by atoms with Crippen molar-refractivity contribution in [1.82, 2.24) is 4.98 Å². The molecule has 0 radical (unpaired) electrons. The molecule has 0 unspecified atom stereocenters. The molecule has 1 heterocycles. The molecule has 0 bridgehead atoms. The van der Waals surface area contributed by atoms with Crippen LogP contribution in [0.3, 0.4) is 0 Å². The van der Waals surface area contributed by atoms with E-state index in [9.17, 15) is 9.59 Å². The number of halogens is 2. The van der Waals surface area contributed by atoms with Gasteiger partial charge < -0.3 is 4.74 Å². The van der Waals surface area contributed by atoms with E-state index in [2.05, 4.69) is 31.0 Å². The number of anilines is 1. The molecule has 21 heavy (non-hydrogen) atoms. The van der Waals surface area contributed by atoms with Gasteiger partial charge in [0.1, 0.15) is 4.88 Å². The van der Waals surface area contributed by atoms with Gasteiger partial charge in [-0.3, -0.25) is 10.1 Å². The lowest BCUT2D eigenvalue weighted by Crippen LogP contribution is -2.12. The van der Waals surface area contributed by atoms with E-state index in [-0.39, 0.29) is 0 Å². The van der Waals surface area contributed by atoms with Gasteiger partial charge in [0.25, 0.3) is 5.91 Å². The maximum Gasteiger partial charge on any atom is 0.350 e. The minimum atomic E-state index is -0.481. The maximum absolute atomic E-state index is 12.2. The molecule has 0 saturated carbocycles. The second-order valence-electron chi connectivity index (χ2n) is 4.00. The number of carbonyl (C=O) groups excluding carboxylic acids is 2. The summed E-state index contributed by atoms with van der Waals surface area (Å²) in [6.45, 7) is 1.67. The molecule has 0 saturated heterocycles. The van der Waals surface area contributed by atoms with E-state index in [1.165, 1.54) is 7.11 Å². The largest absolute Gasteiger partial charge is 0.465 e. The van der Waals surface area contributed by atoms with Gasteiger partial charge in [-0.15, -0.1) is 0 Å². The van der Waals surface area contributed by atoms with E-state index in [1.54, 1.807) is 25.1 Å². The quantitative estimate of drug-likeness (QED) is 0.808. The Bertz CT molecular complexity index is 717. The average Bonchev–Trinajstić information content (AvgIpc) is 2.81. The highest BCUT2D eigenvalue weighted by molar-refractivity contribution is 9.10. The first-order chi connectivity index (χ1) is 9.92. The summed E-state index contributed by atoms with van der Waals surface area (Å²) >= 11 is 10.3. The standard InChI is InChI=1S/C13H10BrClN2O3S/c1-6-10(12(19)20-2)21-13(16-6)17-11(18)8-5-7(14)3-4-9(8)15/h3-5H,1-2H3,(H,16,17,18). The lowest BCUT2D eigenvalue weighted by atomic mass is 10.2. The Morgan fingerprint density at radius 3 is 2.81 bits per heavy atom. The summed E-state index contributed by atoms with van der Waals surface area (Å²) < 4.78 is 5.38. The fraction of sp³-hybridized carbons (Fsp3) is 0.154. The highest BCUT2D eigenvalue weighted by atomic mass is 79.9. The Balaban J connectivity index is 2.24. The van der Waals surface area contributed by atoms with E-state index in [0.29, 0.717) is 26.3 Å². The zero-order valence-electron chi connectivity index (χ0n) is 11.1. The average molecular weight is 390 g/mol. The van der Waals surface area contributed by atoms with Crippen LogP contribution in [0.25, 0.3) is 0 Å². The molecule has 0 aliphatic carbocycles. The topological polar surface area (TPSA) is 68.3 Å². The van der Waals surface area contributed by atoms with Crippen LogP contribution in [-0.4, -0.2) is 24.0 Å². The van der Waals surface area contributed by atoms with Crippen molar-refractivity contribution in [3.8, 4) is 0 Å². The normalized spacial score (nSPS) is 10.3. The van der Waals surface area contributed by atoms with Crippen LogP contribution in [0, 0.1) is 6.92 Å². The number of nitrogens with one attached hydrogen (secondary N) is 1. The molecule has 0 aliphatic heterocycles. The first-order valence-corrected chi connectivity index (χ1v) is 7.73. The summed E-state index contributed by atoms with van der Waals surface area (Å²) in [5.41, 5.74) is 0.820. The number of esters is 1. The van der Waals surface area contributed by atoms with Gasteiger partial charge in [-0.05, 0) is 25.1 Å². The number of methoxy groups -OCH3 is 1. The van der Waals surface area contributed by atoms with E-state index >= 15 is 0 Å². The van der Waals surface area contributed by atoms with Crippen molar-refractivity contribution in [1.29, 1.82) is 0 Å². The summed E-state index contributed by atoms with van der Waals surface area (Å²) in [4.78, 5) is 28.2. The highest BCUT2D eigenvalue weighted by Gasteiger charge is 2.18. The first kappa shape index (κ1) is 15.9. The van der Waals surface area contributed by atoms with Gasteiger partial charge in [0.2, 0.25) is 0 Å². The number of rotatable bonds is 3. The third kappa shape index (κ3) is 3.61. The molecule has 8 heteroatoms. The van der Waals surface area contributed by atoms with Gasteiger partial charge in [-0.2, -0.15) is 0 Å². The van der Waals surface area contributed by atoms with Gasteiger partial charge >= 0.3 is 5.97 Å². The molecule has 2 rings (SSSR count). The second-order valence-corrected chi connectivity index (χ2v) is 6.33. The lowest BCUT2D eigenvalue weighted by Gasteiger charge is -2.04. The maximum atomic E-state index is 12.2. The van der Waals surface area contributed by atoms with Gasteiger partial charge in [-0.1, -0.05) is 38.9 Å². The molecule has 1 amide bonds. The van der Waals surface area contributed by atoms with Crippen molar-refractivity contribution in [2.45, 2.75) is 6.92 Å². The van der Waals surface area contributed by atoms with Crippen LogP contribution in [-0.2, 0) is 4.74 Å². The van der Waals surface area contributed by atoms with Crippen molar-refractivity contribution in [3.05, 3.63) is 43.8 Å². The predicted molar refractivity (Wildman–Crippen MR) is 85.3 cm³/mol. The molecule has 1 aromatic carbocycles. The number of aromatic nitrogens is 1. The fourth-order valence-electron chi connectivity index (χ4n) is 1.57. The summed E-state index contributed by atoms with van der Waals surface area (Å²) in [5.74, 6) is -0.877. The molecular weight excluding hydrogens is 380 g/mol. The Labute approximate surface area is 138 Å². The molecule has 0 fully saturated rings. The van der Waals surface area contributed by atoms with E-state index in [1.807, 2.05) is 0 Å². The number of hydrogen-bond acceptors (Lipinski definition) is 5. The Morgan fingerprint density at radius 2 is 2.14 bits per heavy atom. The number of amides is 1. The van der Waals surface area contributed by atoms with Crippen LogP contribution in [0.15, 0.2) is 22.7 Å². The number of benzene rings is 1. The summed E-state index contributed by atoms with van der Waals surface area (Å²) in [6, 6.07) is 4.97. The van der Waals surface area contributed by atoms with Crippen molar-refractivity contribution in [3.63, 3.8) is 0 Å². The Hall–Kier alpha value is -1.44. The second kappa shape index (κ2) is 6.55.